The van der Waals surface area contributed by atoms with E-state index in [1.165, 1.54) is 4.90 Å². The van der Waals surface area contributed by atoms with Crippen LogP contribution in [0.15, 0.2) is 66.0 Å². The van der Waals surface area contributed by atoms with Crippen LogP contribution in [0, 0.1) is 11.3 Å². The summed E-state index contributed by atoms with van der Waals surface area (Å²) in [6.45, 7) is 5.57. The van der Waals surface area contributed by atoms with Gasteiger partial charge in [0.15, 0.2) is 0 Å². The van der Waals surface area contributed by atoms with Gasteiger partial charge in [-0.2, -0.15) is 5.26 Å². The largest absolute Gasteiger partial charge is 0.443 e. The maximum absolute atomic E-state index is 13.7. The third-order valence-corrected chi connectivity index (χ3v) is 6.07. The van der Waals surface area contributed by atoms with Gasteiger partial charge in [-0.25, -0.2) is 9.69 Å². The first-order chi connectivity index (χ1) is 16.3. The van der Waals surface area contributed by atoms with Gasteiger partial charge in [0.05, 0.1) is 22.8 Å². The number of carbonyl (C=O) groups is 2. The Balaban J connectivity index is 1.66. The Morgan fingerprint density at radius 2 is 1.94 bits per heavy atom. The number of nitriles is 1. The van der Waals surface area contributed by atoms with E-state index in [1.54, 1.807) is 39.1 Å². The summed E-state index contributed by atoms with van der Waals surface area (Å²) in [6, 6.07) is 17.2. The molecule has 0 aliphatic carbocycles. The van der Waals surface area contributed by atoms with Crippen molar-refractivity contribution in [2.24, 2.45) is 0 Å². The number of imide groups is 1. The fourth-order valence-corrected chi connectivity index (χ4v) is 4.61. The van der Waals surface area contributed by atoms with Crippen LogP contribution in [-0.2, 0) is 9.53 Å². The number of amides is 2. The van der Waals surface area contributed by atoms with Gasteiger partial charge in [-0.1, -0.05) is 18.2 Å². The number of anilines is 1. The third kappa shape index (κ3) is 3.67. The number of benzene rings is 2. The number of nitrogens with zero attached hydrogens (tertiary/aromatic N) is 3. The number of ether oxygens (including phenoxy) is 1. The van der Waals surface area contributed by atoms with Crippen molar-refractivity contribution in [3.8, 4) is 6.07 Å². The molecule has 1 N–H and O–H groups in total. The molecule has 0 fully saturated rings. The number of aromatic nitrogens is 1. The van der Waals surface area contributed by atoms with Crippen LogP contribution in [0.5, 0.6) is 0 Å². The molecule has 1 unspecified atom stereocenters. The third-order valence-electron chi connectivity index (χ3n) is 6.07. The lowest BCUT2D eigenvalue weighted by atomic mass is 9.77. The number of pyridine rings is 1. The predicted octanol–water partition coefficient (Wildman–Crippen LogP) is 5.09. The molecule has 3 heterocycles. The minimum absolute atomic E-state index is 0.234. The lowest BCUT2D eigenvalue weighted by molar-refractivity contribution is -0.127. The fraction of sp³-hybridized carbons (Fsp3) is 0.259. The minimum Gasteiger partial charge on any atom is -0.443 e. The molecular weight excluding hydrogens is 428 g/mol. The SMILES string of the molecule is CC(C)(C)OC(=O)N1CCC2=C(C1=O)C(c1ccc(C#N)cc1)c1ccc3ncccc3c1N2. The maximum Gasteiger partial charge on any atom is 0.417 e. The average Bonchev–Trinajstić information content (AvgIpc) is 2.82. The molecule has 34 heavy (non-hydrogen) atoms. The van der Waals surface area contributed by atoms with Crippen LogP contribution in [0.25, 0.3) is 10.9 Å². The van der Waals surface area contributed by atoms with E-state index in [0.717, 1.165) is 33.4 Å². The normalized spacial score (nSPS) is 17.5. The number of carbonyl (C=O) groups excluding carboxylic acids is 2. The van der Waals surface area contributed by atoms with Gasteiger partial charge >= 0.3 is 6.09 Å². The second kappa shape index (κ2) is 7.99. The first-order valence-electron chi connectivity index (χ1n) is 11.2. The Hall–Kier alpha value is -4.18. The van der Waals surface area contributed by atoms with E-state index in [2.05, 4.69) is 16.4 Å². The lowest BCUT2D eigenvalue weighted by Crippen LogP contribution is -2.47. The molecule has 0 bridgehead atoms. The Kier molecular flexibility index (Phi) is 5.09. The smallest absolute Gasteiger partial charge is 0.417 e. The van der Waals surface area contributed by atoms with Crippen LogP contribution in [0.3, 0.4) is 0 Å². The summed E-state index contributed by atoms with van der Waals surface area (Å²) in [6.07, 6.45) is 1.60. The van der Waals surface area contributed by atoms with Crippen LogP contribution in [0.4, 0.5) is 10.5 Å². The quantitative estimate of drug-likeness (QED) is 0.553. The number of hydrogen-bond acceptors (Lipinski definition) is 6. The highest BCUT2D eigenvalue weighted by atomic mass is 16.6. The summed E-state index contributed by atoms with van der Waals surface area (Å²) in [4.78, 5) is 32.2. The van der Waals surface area contributed by atoms with E-state index in [-0.39, 0.29) is 12.5 Å². The number of fused-ring (bicyclic) bond motifs is 3. The number of nitrogens with one attached hydrogen (secondary N) is 1. The van der Waals surface area contributed by atoms with Crippen LogP contribution in [0.2, 0.25) is 0 Å². The molecule has 2 amide bonds. The Bertz CT molecular complexity index is 1390. The lowest BCUT2D eigenvalue weighted by Gasteiger charge is -2.38. The van der Waals surface area contributed by atoms with Crippen molar-refractivity contribution in [1.82, 2.24) is 9.88 Å². The second-order valence-electron chi connectivity index (χ2n) is 9.47. The highest BCUT2D eigenvalue weighted by Gasteiger charge is 2.41. The van der Waals surface area contributed by atoms with Gasteiger partial charge in [0.2, 0.25) is 0 Å². The molecule has 2 aliphatic rings. The molecule has 0 radical (unpaired) electrons. The molecule has 5 rings (SSSR count). The van der Waals surface area contributed by atoms with Gasteiger partial charge in [-0.05, 0) is 62.2 Å². The molecule has 0 saturated heterocycles. The molecule has 0 spiro atoms. The van der Waals surface area contributed by atoms with E-state index >= 15 is 0 Å². The zero-order valence-corrected chi connectivity index (χ0v) is 19.3. The van der Waals surface area contributed by atoms with Gasteiger partial charge in [0.1, 0.15) is 5.60 Å². The van der Waals surface area contributed by atoms with Gasteiger partial charge in [0.25, 0.3) is 5.91 Å². The van der Waals surface area contributed by atoms with Crippen molar-refractivity contribution >= 4 is 28.6 Å². The maximum atomic E-state index is 13.7. The summed E-state index contributed by atoms with van der Waals surface area (Å²) >= 11 is 0. The van der Waals surface area contributed by atoms with Crippen molar-refractivity contribution in [2.45, 2.75) is 38.7 Å². The first-order valence-corrected chi connectivity index (χ1v) is 11.2. The zero-order valence-electron chi connectivity index (χ0n) is 19.3. The highest BCUT2D eigenvalue weighted by molar-refractivity contribution is 6.08. The van der Waals surface area contributed by atoms with Gasteiger partial charge in [-0.3, -0.25) is 9.78 Å². The summed E-state index contributed by atoms with van der Waals surface area (Å²) < 4.78 is 5.50. The van der Waals surface area contributed by atoms with Crippen molar-refractivity contribution in [2.75, 3.05) is 11.9 Å². The average molecular weight is 453 g/mol. The van der Waals surface area contributed by atoms with Crippen LogP contribution < -0.4 is 5.32 Å². The minimum atomic E-state index is -0.706. The van der Waals surface area contributed by atoms with Gasteiger partial charge < -0.3 is 10.1 Å². The molecule has 2 aromatic carbocycles. The fourth-order valence-electron chi connectivity index (χ4n) is 4.61. The predicted molar refractivity (Wildman–Crippen MR) is 128 cm³/mol. The summed E-state index contributed by atoms with van der Waals surface area (Å²) in [7, 11) is 0. The molecule has 7 heteroatoms. The van der Waals surface area contributed by atoms with E-state index < -0.39 is 17.6 Å². The number of rotatable bonds is 1. The van der Waals surface area contributed by atoms with E-state index in [0.29, 0.717) is 17.6 Å². The summed E-state index contributed by atoms with van der Waals surface area (Å²) in [5.41, 5.74) is 4.72. The second-order valence-corrected chi connectivity index (χ2v) is 9.47. The van der Waals surface area contributed by atoms with Crippen molar-refractivity contribution in [1.29, 1.82) is 5.26 Å². The monoisotopic (exact) mass is 452 g/mol. The van der Waals surface area contributed by atoms with E-state index in [9.17, 15) is 14.9 Å². The van der Waals surface area contributed by atoms with Crippen LogP contribution in [0.1, 0.15) is 49.8 Å². The van der Waals surface area contributed by atoms with Gasteiger partial charge in [-0.15, -0.1) is 0 Å². The van der Waals surface area contributed by atoms with E-state index in [1.807, 2.05) is 36.4 Å². The molecule has 2 aliphatic heterocycles. The van der Waals surface area contributed by atoms with Crippen molar-refractivity contribution < 1.29 is 14.3 Å². The van der Waals surface area contributed by atoms with E-state index in [4.69, 9.17) is 4.74 Å². The molecule has 7 nitrogen and oxygen atoms in total. The number of hydrogen-bond donors (Lipinski definition) is 1. The molecule has 1 atom stereocenters. The zero-order chi connectivity index (χ0) is 24.0. The molecular formula is C27H24N4O3. The van der Waals surface area contributed by atoms with Gasteiger partial charge in [0, 0.05) is 41.7 Å². The Labute approximate surface area is 197 Å². The summed E-state index contributed by atoms with van der Waals surface area (Å²) in [5, 5.41) is 13.7. The molecule has 1 aromatic heterocycles. The summed E-state index contributed by atoms with van der Waals surface area (Å²) in [5.74, 6) is -0.768. The standard InChI is InChI=1S/C27H24N4O3/c1-27(2,3)34-26(33)31-14-12-21-23(25(31)32)22(17-8-6-16(15-28)7-9-17)19-10-11-20-18(24(19)30-21)5-4-13-29-20/h4-11,13,22,30H,12,14H2,1-3H3. The van der Waals surface area contributed by atoms with Crippen molar-refractivity contribution in [3.63, 3.8) is 0 Å². The van der Waals surface area contributed by atoms with Crippen molar-refractivity contribution in [3.05, 3.63) is 82.7 Å². The molecule has 3 aromatic rings. The Morgan fingerprint density at radius 3 is 2.65 bits per heavy atom. The Morgan fingerprint density at radius 1 is 1.18 bits per heavy atom. The highest BCUT2D eigenvalue weighted by Crippen LogP contribution is 2.46. The van der Waals surface area contributed by atoms with Crippen LogP contribution >= 0.6 is 0 Å². The van der Waals surface area contributed by atoms with Crippen LogP contribution in [-0.4, -0.2) is 34.0 Å². The molecule has 0 saturated carbocycles. The first kappa shape index (κ1) is 21.7. The topological polar surface area (TPSA) is 95.3 Å². The molecule has 170 valence electrons.